The summed E-state index contributed by atoms with van der Waals surface area (Å²) < 4.78 is 69.3. The molecule has 9 heteroatoms. The van der Waals surface area contributed by atoms with Crippen LogP contribution in [0.2, 0.25) is 0 Å². The van der Waals surface area contributed by atoms with E-state index >= 15 is 0 Å². The molecule has 1 saturated carbocycles. The third-order valence-electron chi connectivity index (χ3n) is 4.70. The zero-order chi connectivity index (χ0) is 20.5. The van der Waals surface area contributed by atoms with Gasteiger partial charge < -0.3 is 14.2 Å². The molecule has 5 nitrogen and oxygen atoms in total. The summed E-state index contributed by atoms with van der Waals surface area (Å²) >= 11 is 0. The van der Waals surface area contributed by atoms with E-state index in [1.807, 2.05) is 6.07 Å². The number of nitriles is 1. The lowest BCUT2D eigenvalue weighted by Crippen LogP contribution is -2.14. The molecule has 1 aliphatic carbocycles. The second-order valence-electron chi connectivity index (χ2n) is 6.55. The van der Waals surface area contributed by atoms with E-state index in [0.29, 0.717) is 0 Å². The van der Waals surface area contributed by atoms with E-state index in [1.165, 1.54) is 13.2 Å². The van der Waals surface area contributed by atoms with Crippen LogP contribution in [-0.4, -0.2) is 20.2 Å². The Hall–Kier alpha value is -2.76. The summed E-state index contributed by atoms with van der Waals surface area (Å²) in [6.07, 6.45) is 1.46. The maximum absolute atomic E-state index is 13.9. The van der Waals surface area contributed by atoms with Crippen molar-refractivity contribution in [2.24, 2.45) is 17.3 Å². The topological polar surface area (TPSA) is 68.5 Å². The number of esters is 1. The predicted molar refractivity (Wildman–Crippen MR) is 84.1 cm³/mol. The van der Waals surface area contributed by atoms with Crippen molar-refractivity contribution in [1.29, 1.82) is 5.26 Å². The van der Waals surface area contributed by atoms with Crippen molar-refractivity contribution in [1.82, 2.24) is 0 Å². The highest BCUT2D eigenvalue weighted by Crippen LogP contribution is 2.59. The molecule has 2 atom stereocenters. The average Bonchev–Trinajstić information content (AvgIpc) is 3.18. The Morgan fingerprint density at radius 2 is 1.70 bits per heavy atom. The molecule has 0 unspecified atom stereocenters. The second-order valence-corrected chi connectivity index (χ2v) is 6.55. The average molecular weight is 387 g/mol. The van der Waals surface area contributed by atoms with Gasteiger partial charge in [-0.15, -0.1) is 0 Å². The van der Waals surface area contributed by atoms with Gasteiger partial charge in [-0.25, -0.2) is 8.78 Å². The molecule has 1 aromatic rings. The number of nitrogens with zero attached hydrogens (tertiary/aromatic N) is 1. The molecule has 0 aliphatic heterocycles. The van der Waals surface area contributed by atoms with Gasteiger partial charge in [-0.05, 0) is 11.5 Å². The summed E-state index contributed by atoms with van der Waals surface area (Å²) in [5.41, 5.74) is -1.63. The highest BCUT2D eigenvalue weighted by Gasteiger charge is 2.62. The molecule has 2 rings (SSSR count). The number of carbonyl (C=O) groups excluding carboxylic acids is 1. The standard InChI is InChI=1S/C18H17F4NO4/c1-18(2)10(5-8(6-23)25-3)11(18)17(24)27-7-9-12(19)14(21)16(26-4)15(22)13(9)20/h5,10-11H,7H2,1-4H3/b8-5+/t10-,11+/m1/s1. The fourth-order valence-electron chi connectivity index (χ4n) is 2.95. The molecule has 146 valence electrons. The fourth-order valence-corrected chi connectivity index (χ4v) is 2.95. The first-order chi connectivity index (χ1) is 12.6. The quantitative estimate of drug-likeness (QED) is 0.245. The molecule has 0 amide bonds. The van der Waals surface area contributed by atoms with Gasteiger partial charge in [0.1, 0.15) is 12.7 Å². The Morgan fingerprint density at radius 1 is 1.15 bits per heavy atom. The lowest BCUT2D eigenvalue weighted by atomic mass is 10.1. The molecule has 0 saturated heterocycles. The molecule has 0 bridgehead atoms. The Morgan fingerprint density at radius 3 is 2.15 bits per heavy atom. The molecule has 0 N–H and O–H groups in total. The van der Waals surface area contributed by atoms with Crippen LogP contribution < -0.4 is 4.74 Å². The molecule has 0 aromatic heterocycles. The van der Waals surface area contributed by atoms with Gasteiger partial charge in [-0.3, -0.25) is 4.79 Å². The van der Waals surface area contributed by atoms with Crippen LogP contribution in [0.1, 0.15) is 19.4 Å². The van der Waals surface area contributed by atoms with Crippen molar-refractivity contribution in [3.63, 3.8) is 0 Å². The van der Waals surface area contributed by atoms with Crippen LogP contribution in [0.4, 0.5) is 17.6 Å². The number of methoxy groups -OCH3 is 2. The Kier molecular flexibility index (Phi) is 5.68. The summed E-state index contributed by atoms with van der Waals surface area (Å²) in [7, 11) is 2.16. The predicted octanol–water partition coefficient (Wildman–Crippen LogP) is 3.62. The van der Waals surface area contributed by atoms with Gasteiger partial charge in [0.05, 0.1) is 25.7 Å². The van der Waals surface area contributed by atoms with Crippen LogP contribution in [0, 0.1) is 51.9 Å². The number of hydrogen-bond donors (Lipinski definition) is 0. The van der Waals surface area contributed by atoms with Gasteiger partial charge in [0.2, 0.25) is 11.6 Å². The van der Waals surface area contributed by atoms with E-state index in [2.05, 4.69) is 4.74 Å². The van der Waals surface area contributed by atoms with E-state index in [-0.39, 0.29) is 5.76 Å². The summed E-state index contributed by atoms with van der Waals surface area (Å²) in [5, 5.41) is 8.88. The molecule has 1 aliphatic rings. The van der Waals surface area contributed by atoms with E-state index in [9.17, 15) is 22.4 Å². The third kappa shape index (κ3) is 3.56. The SMILES string of the molecule is CO/C(C#N)=C/[C@@H]1[C@@H](C(=O)OCc2c(F)c(F)c(OC)c(F)c2F)C1(C)C. The first kappa shape index (κ1) is 20.6. The van der Waals surface area contributed by atoms with Crippen molar-refractivity contribution in [2.75, 3.05) is 14.2 Å². The van der Waals surface area contributed by atoms with Crippen LogP contribution in [0.3, 0.4) is 0 Å². The van der Waals surface area contributed by atoms with Gasteiger partial charge in [0.15, 0.2) is 23.1 Å². The Bertz CT molecular complexity index is 816. The summed E-state index contributed by atoms with van der Waals surface area (Å²) in [6.45, 7) is 2.48. The highest BCUT2D eigenvalue weighted by molar-refractivity contribution is 5.78. The minimum Gasteiger partial charge on any atom is -0.491 e. The van der Waals surface area contributed by atoms with Crippen LogP contribution in [-0.2, 0) is 20.9 Å². The van der Waals surface area contributed by atoms with Crippen molar-refractivity contribution < 1.29 is 36.6 Å². The number of hydrogen-bond acceptors (Lipinski definition) is 5. The first-order valence-corrected chi connectivity index (χ1v) is 7.83. The van der Waals surface area contributed by atoms with Gasteiger partial charge in [-0.2, -0.15) is 14.0 Å². The van der Waals surface area contributed by atoms with Crippen molar-refractivity contribution in [3.8, 4) is 11.8 Å². The van der Waals surface area contributed by atoms with Crippen LogP contribution in [0.25, 0.3) is 0 Å². The van der Waals surface area contributed by atoms with E-state index in [0.717, 1.165) is 7.11 Å². The smallest absolute Gasteiger partial charge is 0.310 e. The summed E-state index contributed by atoms with van der Waals surface area (Å²) in [4.78, 5) is 12.2. The number of benzene rings is 1. The number of halogens is 4. The first-order valence-electron chi connectivity index (χ1n) is 7.83. The zero-order valence-corrected chi connectivity index (χ0v) is 15.0. The number of allylic oxidation sites excluding steroid dienone is 2. The van der Waals surface area contributed by atoms with Gasteiger partial charge in [0.25, 0.3) is 0 Å². The molecule has 1 aromatic carbocycles. The summed E-state index contributed by atoms with van der Waals surface area (Å²) in [5.74, 6) is -9.91. The van der Waals surface area contributed by atoms with Crippen molar-refractivity contribution >= 4 is 5.97 Å². The molecule has 0 radical (unpaired) electrons. The van der Waals surface area contributed by atoms with Crippen molar-refractivity contribution in [3.05, 3.63) is 40.7 Å². The highest BCUT2D eigenvalue weighted by atomic mass is 19.2. The van der Waals surface area contributed by atoms with Crippen molar-refractivity contribution in [2.45, 2.75) is 20.5 Å². The molecular weight excluding hydrogens is 370 g/mol. The van der Waals surface area contributed by atoms with Gasteiger partial charge in [-0.1, -0.05) is 13.8 Å². The third-order valence-corrected chi connectivity index (χ3v) is 4.70. The van der Waals surface area contributed by atoms with E-state index < -0.39 is 64.4 Å². The lowest BCUT2D eigenvalue weighted by molar-refractivity contribution is -0.147. The van der Waals surface area contributed by atoms with E-state index in [4.69, 9.17) is 14.7 Å². The molecule has 27 heavy (non-hydrogen) atoms. The Labute approximate surface area is 153 Å². The normalized spacial score (nSPS) is 20.6. The van der Waals surface area contributed by atoms with Gasteiger partial charge >= 0.3 is 5.97 Å². The largest absolute Gasteiger partial charge is 0.491 e. The zero-order valence-electron chi connectivity index (χ0n) is 15.0. The molecular formula is C18H17F4NO4. The number of ether oxygens (including phenoxy) is 3. The number of rotatable bonds is 6. The lowest BCUT2D eigenvalue weighted by Gasteiger charge is -2.11. The Balaban J connectivity index is 2.18. The maximum Gasteiger partial charge on any atom is 0.310 e. The van der Waals surface area contributed by atoms with Gasteiger partial charge in [0, 0.05) is 5.92 Å². The monoisotopic (exact) mass is 387 g/mol. The molecule has 1 fully saturated rings. The summed E-state index contributed by atoms with van der Waals surface area (Å²) in [6, 6.07) is 1.81. The minimum atomic E-state index is -1.71. The fraction of sp³-hybridized carbons (Fsp3) is 0.444. The number of carbonyl (C=O) groups is 1. The second kappa shape index (κ2) is 7.47. The van der Waals surface area contributed by atoms with Crippen LogP contribution >= 0.6 is 0 Å². The molecule has 0 heterocycles. The molecule has 0 spiro atoms. The van der Waals surface area contributed by atoms with E-state index in [1.54, 1.807) is 13.8 Å². The maximum atomic E-state index is 13.9. The minimum absolute atomic E-state index is 0.0137. The van der Waals surface area contributed by atoms with Crippen LogP contribution in [0.15, 0.2) is 11.8 Å². The van der Waals surface area contributed by atoms with Crippen LogP contribution in [0.5, 0.6) is 5.75 Å².